The summed E-state index contributed by atoms with van der Waals surface area (Å²) < 4.78 is 69.3. The maximum atomic E-state index is 11.6. The van der Waals surface area contributed by atoms with Crippen LogP contribution in [0.15, 0.2) is 0 Å². The van der Waals surface area contributed by atoms with Crippen molar-refractivity contribution in [2.45, 2.75) is 74.9 Å². The van der Waals surface area contributed by atoms with E-state index < -0.39 is 23.4 Å². The topological polar surface area (TPSA) is 0 Å². The zero-order chi connectivity index (χ0) is 18.3. The smallest absolute Gasteiger partial charge is 0.251 e. The summed E-state index contributed by atoms with van der Waals surface area (Å²) in [7, 11) is 0. The van der Waals surface area contributed by atoms with Gasteiger partial charge in [-0.25, -0.2) is 8.78 Å². The largest absolute Gasteiger partial charge is 0.393 e. The number of alkyl halides is 6. The summed E-state index contributed by atoms with van der Waals surface area (Å²) in [6, 6.07) is 0. The second-order valence-electron chi connectivity index (χ2n) is 8.11. The minimum absolute atomic E-state index is 0.125. The molecule has 0 rings (SSSR count). The van der Waals surface area contributed by atoms with E-state index in [1.807, 2.05) is 20.8 Å². The summed E-state index contributed by atoms with van der Waals surface area (Å²) in [5.41, 5.74) is -2.52. The average molecular weight is 324 g/mol. The normalized spacial score (nSPS) is 13.1. The minimum atomic E-state index is -4.06. The van der Waals surface area contributed by atoms with Crippen LogP contribution < -0.4 is 0 Å². The van der Waals surface area contributed by atoms with Gasteiger partial charge in [0.05, 0.1) is 12.1 Å². The SMILES string of the molecule is CC(C)(C)C(F)(F)F.CC(C)(C)C(F)F.CC(C)(C)CF. The molecule has 0 aromatic carbocycles. The Hall–Kier alpha value is -0.420. The first-order chi connectivity index (χ1) is 8.75. The monoisotopic (exact) mass is 324 g/mol. The molecule has 0 radical (unpaired) electrons. The van der Waals surface area contributed by atoms with E-state index in [-0.39, 0.29) is 12.1 Å². The Kier molecular flexibility index (Phi) is 10.8. The second kappa shape index (κ2) is 8.89. The van der Waals surface area contributed by atoms with Gasteiger partial charge in [-0.1, -0.05) is 62.3 Å². The Bertz CT molecular complexity index is 235. The third kappa shape index (κ3) is 19.6. The summed E-state index contributed by atoms with van der Waals surface area (Å²) in [5.74, 6) is 0. The van der Waals surface area contributed by atoms with Crippen LogP contribution in [0.4, 0.5) is 26.3 Å². The predicted octanol–water partition coefficient (Wildman–Crippen LogP) is 6.89. The Morgan fingerprint density at radius 1 is 0.714 bits per heavy atom. The Labute approximate surface area is 125 Å². The van der Waals surface area contributed by atoms with Crippen molar-refractivity contribution in [3.8, 4) is 0 Å². The van der Waals surface area contributed by atoms with Gasteiger partial charge in [0.2, 0.25) is 6.43 Å². The Balaban J connectivity index is -0.000000234. The molecule has 0 bridgehead atoms. The predicted molar refractivity (Wildman–Crippen MR) is 76.4 cm³/mol. The van der Waals surface area contributed by atoms with Crippen molar-refractivity contribution in [3.05, 3.63) is 0 Å². The van der Waals surface area contributed by atoms with Crippen LogP contribution in [0.5, 0.6) is 0 Å². The van der Waals surface area contributed by atoms with Gasteiger partial charge in [-0.15, -0.1) is 0 Å². The minimum Gasteiger partial charge on any atom is -0.251 e. The molecule has 0 aliphatic carbocycles. The second-order valence-corrected chi connectivity index (χ2v) is 8.11. The molecular weight excluding hydrogens is 294 g/mol. The van der Waals surface area contributed by atoms with Crippen LogP contribution in [0.1, 0.15) is 62.3 Å². The highest BCUT2D eigenvalue weighted by Crippen LogP contribution is 2.36. The molecule has 0 saturated heterocycles. The van der Waals surface area contributed by atoms with Crippen molar-refractivity contribution in [2.24, 2.45) is 16.2 Å². The van der Waals surface area contributed by atoms with E-state index in [1.54, 1.807) is 0 Å². The molecule has 0 saturated carbocycles. The maximum Gasteiger partial charge on any atom is 0.393 e. The standard InChI is InChI=1S/C5H9F3.C5H10F2.C5H11F/c1-4(2,3)5(6,7)8;1-5(2,3)4(6)7;1-5(2,3)4-6/h1-3H3;4H,1-3H3;4H2,1-3H3. The molecule has 0 nitrogen and oxygen atoms in total. The van der Waals surface area contributed by atoms with Crippen molar-refractivity contribution in [1.82, 2.24) is 0 Å². The summed E-state index contributed by atoms with van der Waals surface area (Å²) in [6.45, 7) is 13.3. The van der Waals surface area contributed by atoms with Gasteiger partial charge >= 0.3 is 6.18 Å². The number of rotatable bonds is 0. The van der Waals surface area contributed by atoms with Crippen LogP contribution in [0, 0.1) is 16.2 Å². The van der Waals surface area contributed by atoms with Crippen LogP contribution >= 0.6 is 0 Å². The Morgan fingerprint density at radius 3 is 0.857 bits per heavy atom. The molecule has 0 heterocycles. The van der Waals surface area contributed by atoms with E-state index in [4.69, 9.17) is 0 Å². The van der Waals surface area contributed by atoms with E-state index >= 15 is 0 Å². The Morgan fingerprint density at radius 2 is 0.857 bits per heavy atom. The number of halogens is 6. The molecule has 0 unspecified atom stereocenters. The summed E-state index contributed by atoms with van der Waals surface area (Å²) in [6.07, 6.45) is -6.26. The van der Waals surface area contributed by atoms with Gasteiger partial charge in [-0.05, 0) is 5.41 Å². The molecule has 0 aliphatic rings. The maximum absolute atomic E-state index is 11.6. The van der Waals surface area contributed by atoms with E-state index in [0.717, 1.165) is 20.8 Å². The highest BCUT2D eigenvalue weighted by molar-refractivity contribution is 4.70. The van der Waals surface area contributed by atoms with E-state index in [9.17, 15) is 26.3 Å². The molecule has 0 aromatic rings. The van der Waals surface area contributed by atoms with Crippen molar-refractivity contribution in [2.75, 3.05) is 6.67 Å². The molecule has 0 amide bonds. The molecular formula is C15H30F6. The molecule has 0 N–H and O–H groups in total. The number of hydrogen-bond acceptors (Lipinski definition) is 0. The fourth-order valence-corrected chi connectivity index (χ4v) is 0. The molecule has 6 heteroatoms. The highest BCUT2D eigenvalue weighted by atomic mass is 19.4. The lowest BCUT2D eigenvalue weighted by atomic mass is 9.96. The van der Waals surface area contributed by atoms with Gasteiger partial charge in [-0.3, -0.25) is 4.39 Å². The molecule has 0 spiro atoms. The van der Waals surface area contributed by atoms with Gasteiger partial charge in [0, 0.05) is 5.41 Å². The first-order valence-electron chi connectivity index (χ1n) is 6.66. The molecule has 132 valence electrons. The van der Waals surface area contributed by atoms with Crippen molar-refractivity contribution < 1.29 is 26.3 Å². The third-order valence-electron chi connectivity index (χ3n) is 1.91. The van der Waals surface area contributed by atoms with Crippen molar-refractivity contribution in [1.29, 1.82) is 0 Å². The van der Waals surface area contributed by atoms with Gasteiger partial charge in [0.25, 0.3) is 0 Å². The quantitative estimate of drug-likeness (QED) is 0.425. The summed E-state index contributed by atoms with van der Waals surface area (Å²) in [4.78, 5) is 0. The zero-order valence-corrected chi connectivity index (χ0v) is 14.6. The molecule has 0 aliphatic heterocycles. The van der Waals surface area contributed by atoms with Gasteiger partial charge in [0.1, 0.15) is 0 Å². The molecule has 21 heavy (non-hydrogen) atoms. The average Bonchev–Trinajstić information content (AvgIpc) is 2.13. The van der Waals surface area contributed by atoms with Crippen molar-refractivity contribution >= 4 is 0 Å². The third-order valence-corrected chi connectivity index (χ3v) is 1.91. The summed E-state index contributed by atoms with van der Waals surface area (Å²) >= 11 is 0. The zero-order valence-electron chi connectivity index (χ0n) is 14.6. The van der Waals surface area contributed by atoms with Crippen LogP contribution in [0.25, 0.3) is 0 Å². The lowest BCUT2D eigenvalue weighted by Gasteiger charge is -2.21. The van der Waals surface area contributed by atoms with Crippen LogP contribution in [-0.2, 0) is 0 Å². The van der Waals surface area contributed by atoms with E-state index in [0.29, 0.717) is 0 Å². The lowest BCUT2D eigenvalue weighted by Crippen LogP contribution is -2.28. The van der Waals surface area contributed by atoms with Gasteiger partial charge in [-0.2, -0.15) is 13.2 Å². The van der Waals surface area contributed by atoms with Crippen molar-refractivity contribution in [3.63, 3.8) is 0 Å². The van der Waals surface area contributed by atoms with E-state index in [1.165, 1.54) is 20.8 Å². The first kappa shape index (κ1) is 25.5. The van der Waals surface area contributed by atoms with Crippen LogP contribution in [0.2, 0.25) is 0 Å². The van der Waals surface area contributed by atoms with Crippen LogP contribution in [-0.4, -0.2) is 19.3 Å². The van der Waals surface area contributed by atoms with Gasteiger partial charge < -0.3 is 0 Å². The first-order valence-corrected chi connectivity index (χ1v) is 6.66. The summed E-state index contributed by atoms with van der Waals surface area (Å²) in [5, 5.41) is 0. The fourth-order valence-electron chi connectivity index (χ4n) is 0. The lowest BCUT2D eigenvalue weighted by molar-refractivity contribution is -0.204. The van der Waals surface area contributed by atoms with Gasteiger partial charge in [0.15, 0.2) is 0 Å². The molecule has 0 fully saturated rings. The highest BCUT2D eigenvalue weighted by Gasteiger charge is 2.42. The molecule has 0 aromatic heterocycles. The fraction of sp³-hybridized carbons (Fsp3) is 1.00. The number of hydrogen-bond donors (Lipinski definition) is 0. The molecule has 0 atom stereocenters. The van der Waals surface area contributed by atoms with Crippen LogP contribution in [0.3, 0.4) is 0 Å². The van der Waals surface area contributed by atoms with E-state index in [2.05, 4.69) is 0 Å².